The maximum atomic E-state index is 13.0. The lowest BCUT2D eigenvalue weighted by Gasteiger charge is -2.40. The number of aromatic nitrogens is 1. The molecule has 3 heterocycles. The highest BCUT2D eigenvalue weighted by molar-refractivity contribution is 6.07. The zero-order valence-corrected chi connectivity index (χ0v) is 15.7. The van der Waals surface area contributed by atoms with E-state index in [1.807, 2.05) is 26.0 Å². The van der Waals surface area contributed by atoms with Gasteiger partial charge in [-0.2, -0.15) is 0 Å². The number of para-hydroxylation sites is 1. The molecular formula is C20H26N4O2. The zero-order valence-electron chi connectivity index (χ0n) is 15.7. The summed E-state index contributed by atoms with van der Waals surface area (Å²) in [5, 5.41) is 1.22. The van der Waals surface area contributed by atoms with Crippen molar-refractivity contribution in [3.05, 3.63) is 36.0 Å². The summed E-state index contributed by atoms with van der Waals surface area (Å²) in [5.41, 5.74) is 1.69. The second-order valence-electron chi connectivity index (χ2n) is 7.80. The molecule has 1 N–H and O–H groups in total. The molecule has 2 aromatic rings. The van der Waals surface area contributed by atoms with Crippen LogP contribution in [0.2, 0.25) is 0 Å². The van der Waals surface area contributed by atoms with Crippen LogP contribution in [0, 0.1) is 0 Å². The summed E-state index contributed by atoms with van der Waals surface area (Å²) >= 11 is 0. The second kappa shape index (κ2) is 6.13. The lowest BCUT2D eigenvalue weighted by Crippen LogP contribution is -2.55. The first-order chi connectivity index (χ1) is 12.4. The minimum absolute atomic E-state index is 0.0229. The molecular weight excluding hydrogens is 328 g/mol. The summed E-state index contributed by atoms with van der Waals surface area (Å²) < 4.78 is 0. The number of hydrogen-bond donors (Lipinski definition) is 1. The molecule has 0 aliphatic carbocycles. The van der Waals surface area contributed by atoms with Gasteiger partial charge >= 0.3 is 6.03 Å². The number of imide groups is 1. The molecule has 0 atom stereocenters. The average Bonchev–Trinajstić information content (AvgIpc) is 3.10. The van der Waals surface area contributed by atoms with E-state index in [1.54, 1.807) is 11.9 Å². The van der Waals surface area contributed by atoms with Crippen LogP contribution in [-0.4, -0.2) is 63.3 Å². The predicted octanol–water partition coefficient (Wildman–Crippen LogP) is 2.80. The highest BCUT2D eigenvalue weighted by Gasteiger charge is 2.56. The van der Waals surface area contributed by atoms with Gasteiger partial charge in [-0.3, -0.25) is 14.6 Å². The minimum atomic E-state index is -0.654. The number of carbonyl (C=O) groups excluding carboxylic acids is 2. The van der Waals surface area contributed by atoms with Crippen molar-refractivity contribution in [3.8, 4) is 0 Å². The Morgan fingerprint density at radius 2 is 1.85 bits per heavy atom. The molecule has 0 saturated carbocycles. The standard InChI is InChI=1S/C20H26N4O2/c1-14(2)24-18(25)20(22(3)19(24)26)8-10-23(11-9-20)13-16-12-15-6-4-5-7-17(15)21-16/h4-7,12,14,21H,8-11,13H2,1-3H3. The molecule has 6 nitrogen and oxygen atoms in total. The second-order valence-corrected chi connectivity index (χ2v) is 7.80. The molecule has 3 amide bonds. The van der Waals surface area contributed by atoms with E-state index in [2.05, 4.69) is 28.1 Å². The van der Waals surface area contributed by atoms with Crippen LogP contribution in [0.15, 0.2) is 30.3 Å². The molecule has 1 aromatic heterocycles. The Morgan fingerprint density at radius 3 is 2.46 bits per heavy atom. The number of nitrogens with zero attached hydrogens (tertiary/aromatic N) is 3. The van der Waals surface area contributed by atoms with Crippen LogP contribution >= 0.6 is 0 Å². The molecule has 0 radical (unpaired) electrons. The Hall–Kier alpha value is -2.34. The normalized spacial score (nSPS) is 20.9. The van der Waals surface area contributed by atoms with Crippen LogP contribution in [-0.2, 0) is 11.3 Å². The third-order valence-electron chi connectivity index (χ3n) is 5.93. The molecule has 6 heteroatoms. The van der Waals surface area contributed by atoms with Gasteiger partial charge in [-0.1, -0.05) is 18.2 Å². The van der Waals surface area contributed by atoms with E-state index in [9.17, 15) is 9.59 Å². The minimum Gasteiger partial charge on any atom is -0.357 e. The maximum absolute atomic E-state index is 13.0. The highest BCUT2D eigenvalue weighted by atomic mass is 16.2. The number of nitrogens with one attached hydrogen (secondary N) is 1. The van der Waals surface area contributed by atoms with Crippen molar-refractivity contribution in [2.45, 2.75) is 44.8 Å². The fourth-order valence-corrected chi connectivity index (χ4v) is 4.34. The van der Waals surface area contributed by atoms with Gasteiger partial charge in [0, 0.05) is 43.9 Å². The summed E-state index contributed by atoms with van der Waals surface area (Å²) in [6, 6.07) is 10.2. The van der Waals surface area contributed by atoms with E-state index in [-0.39, 0.29) is 18.0 Å². The van der Waals surface area contributed by atoms with E-state index in [1.165, 1.54) is 16.0 Å². The largest absolute Gasteiger partial charge is 0.357 e. The highest BCUT2D eigenvalue weighted by Crippen LogP contribution is 2.37. The number of rotatable bonds is 3. The topological polar surface area (TPSA) is 59.7 Å². The van der Waals surface area contributed by atoms with Gasteiger partial charge in [0.05, 0.1) is 0 Å². The van der Waals surface area contributed by atoms with Crippen molar-refractivity contribution in [2.75, 3.05) is 20.1 Å². The van der Waals surface area contributed by atoms with Gasteiger partial charge in [0.25, 0.3) is 5.91 Å². The lowest BCUT2D eigenvalue weighted by molar-refractivity contribution is -0.136. The average molecular weight is 354 g/mol. The number of carbonyl (C=O) groups is 2. The van der Waals surface area contributed by atoms with Gasteiger partial charge in [0.1, 0.15) is 5.54 Å². The number of fused-ring (bicyclic) bond motifs is 1. The third kappa shape index (κ3) is 2.51. The molecule has 0 unspecified atom stereocenters. The van der Waals surface area contributed by atoms with Crippen LogP contribution < -0.4 is 0 Å². The quantitative estimate of drug-likeness (QED) is 0.862. The molecule has 2 aliphatic rings. The summed E-state index contributed by atoms with van der Waals surface area (Å²) in [4.78, 5) is 34.4. The maximum Gasteiger partial charge on any atom is 0.327 e. The number of likely N-dealkylation sites (N-methyl/N-ethyl adjacent to an activating group) is 1. The van der Waals surface area contributed by atoms with Gasteiger partial charge in [-0.25, -0.2) is 4.79 Å². The van der Waals surface area contributed by atoms with Gasteiger partial charge in [0.15, 0.2) is 0 Å². The number of likely N-dealkylation sites (tertiary alicyclic amines) is 1. The number of piperidine rings is 1. The van der Waals surface area contributed by atoms with Crippen LogP contribution in [0.5, 0.6) is 0 Å². The molecule has 1 aromatic carbocycles. The summed E-state index contributed by atoms with van der Waals surface area (Å²) in [6.45, 7) is 6.25. The number of H-pyrrole nitrogens is 1. The molecule has 2 saturated heterocycles. The number of benzene rings is 1. The first kappa shape index (κ1) is 17.1. The first-order valence-corrected chi connectivity index (χ1v) is 9.33. The van der Waals surface area contributed by atoms with Crippen molar-refractivity contribution in [2.24, 2.45) is 0 Å². The van der Waals surface area contributed by atoms with Crippen molar-refractivity contribution in [1.82, 2.24) is 19.7 Å². The van der Waals surface area contributed by atoms with Gasteiger partial charge in [0.2, 0.25) is 0 Å². The molecule has 4 rings (SSSR count). The monoisotopic (exact) mass is 354 g/mol. The van der Waals surface area contributed by atoms with E-state index in [0.717, 1.165) is 25.2 Å². The molecule has 0 bridgehead atoms. The van der Waals surface area contributed by atoms with Crippen molar-refractivity contribution < 1.29 is 9.59 Å². The zero-order chi connectivity index (χ0) is 18.5. The van der Waals surface area contributed by atoms with Crippen LogP contribution in [0.3, 0.4) is 0 Å². The van der Waals surface area contributed by atoms with Crippen LogP contribution in [0.25, 0.3) is 10.9 Å². The van der Waals surface area contributed by atoms with Crippen molar-refractivity contribution in [1.29, 1.82) is 0 Å². The third-order valence-corrected chi connectivity index (χ3v) is 5.93. The van der Waals surface area contributed by atoms with Crippen molar-refractivity contribution >= 4 is 22.8 Å². The molecule has 1 spiro atoms. The summed E-state index contributed by atoms with van der Waals surface area (Å²) in [7, 11) is 1.77. The molecule has 26 heavy (non-hydrogen) atoms. The summed E-state index contributed by atoms with van der Waals surface area (Å²) in [6.07, 6.45) is 1.38. The molecule has 2 aliphatic heterocycles. The Morgan fingerprint density at radius 1 is 1.15 bits per heavy atom. The Bertz CT molecular complexity index is 815. The number of hydrogen-bond acceptors (Lipinski definition) is 3. The Balaban J connectivity index is 1.47. The van der Waals surface area contributed by atoms with E-state index >= 15 is 0 Å². The lowest BCUT2D eigenvalue weighted by atomic mass is 9.86. The van der Waals surface area contributed by atoms with E-state index < -0.39 is 5.54 Å². The van der Waals surface area contributed by atoms with E-state index in [0.29, 0.717) is 12.8 Å². The number of aromatic amines is 1. The van der Waals surface area contributed by atoms with Crippen molar-refractivity contribution in [3.63, 3.8) is 0 Å². The molecule has 138 valence electrons. The first-order valence-electron chi connectivity index (χ1n) is 9.33. The fourth-order valence-electron chi connectivity index (χ4n) is 4.34. The number of amides is 3. The Labute approximate surface area is 153 Å². The van der Waals surface area contributed by atoms with Gasteiger partial charge < -0.3 is 9.88 Å². The Kier molecular flexibility index (Phi) is 4.03. The van der Waals surface area contributed by atoms with Crippen LogP contribution in [0.4, 0.5) is 4.79 Å². The van der Waals surface area contributed by atoms with Gasteiger partial charge in [-0.05, 0) is 44.2 Å². The molecule has 2 fully saturated rings. The predicted molar refractivity (Wildman–Crippen MR) is 101 cm³/mol. The number of urea groups is 1. The summed E-state index contributed by atoms with van der Waals surface area (Å²) in [5.74, 6) is -0.0229. The fraction of sp³-hybridized carbons (Fsp3) is 0.500. The SMILES string of the molecule is CC(C)N1C(=O)N(C)C2(CCN(Cc3cc4ccccc4[nH]3)CC2)C1=O. The smallest absolute Gasteiger partial charge is 0.327 e. The van der Waals surface area contributed by atoms with Crippen LogP contribution in [0.1, 0.15) is 32.4 Å². The van der Waals surface area contributed by atoms with Gasteiger partial charge in [-0.15, -0.1) is 0 Å². The van der Waals surface area contributed by atoms with E-state index in [4.69, 9.17) is 0 Å².